The highest BCUT2D eigenvalue weighted by atomic mass is 79.9. The lowest BCUT2D eigenvalue weighted by Crippen LogP contribution is -3.00. The van der Waals surface area contributed by atoms with Crippen molar-refractivity contribution in [2.75, 3.05) is 77.3 Å². The van der Waals surface area contributed by atoms with Crippen LogP contribution in [-0.4, -0.2) is 76.4 Å². The van der Waals surface area contributed by atoms with Crippen LogP contribution in [0, 0.1) is 5.92 Å². The van der Waals surface area contributed by atoms with Crippen molar-refractivity contribution in [2.45, 2.75) is 64.7 Å². The largest absolute Gasteiger partial charge is 1.00 e. The Balaban J connectivity index is 0.00000292. The number of aryl methyl sites for hydroxylation is 4. The summed E-state index contributed by atoms with van der Waals surface area (Å²) in [6.07, 6.45) is 11.0. The van der Waals surface area contributed by atoms with Crippen molar-refractivity contribution in [1.29, 1.82) is 0 Å². The molecular formula is C45H62Br2N4. The molecule has 2 aliphatic heterocycles. The number of quaternary nitrogens is 2. The van der Waals surface area contributed by atoms with E-state index in [0.717, 1.165) is 47.7 Å². The van der Waals surface area contributed by atoms with Crippen molar-refractivity contribution in [2.24, 2.45) is 5.92 Å². The maximum atomic E-state index is 2.62. The van der Waals surface area contributed by atoms with Crippen molar-refractivity contribution in [3.05, 3.63) is 119 Å². The molecule has 4 nitrogen and oxygen atoms in total. The maximum absolute atomic E-state index is 2.62. The molecule has 6 rings (SSSR count). The van der Waals surface area contributed by atoms with Gasteiger partial charge >= 0.3 is 0 Å². The lowest BCUT2D eigenvalue weighted by Gasteiger charge is -2.35. The van der Waals surface area contributed by atoms with E-state index in [2.05, 4.69) is 142 Å². The number of anilines is 4. The minimum Gasteiger partial charge on any atom is -1.00 e. The smallest absolute Gasteiger partial charge is 0.0825 e. The Morgan fingerprint density at radius 3 is 1.25 bits per heavy atom. The van der Waals surface area contributed by atoms with Crippen LogP contribution in [0.4, 0.5) is 22.7 Å². The van der Waals surface area contributed by atoms with E-state index in [1.165, 1.54) is 103 Å². The molecule has 0 saturated carbocycles. The number of rotatable bonds is 15. The number of hydrogen-bond donors (Lipinski definition) is 0. The Kier molecular flexibility index (Phi) is 15.2. The van der Waals surface area contributed by atoms with Crippen LogP contribution in [0.2, 0.25) is 0 Å². The van der Waals surface area contributed by atoms with Crippen molar-refractivity contribution >= 4 is 22.7 Å². The molecule has 51 heavy (non-hydrogen) atoms. The van der Waals surface area contributed by atoms with Crippen LogP contribution < -0.4 is 43.8 Å². The number of halogens is 2. The van der Waals surface area contributed by atoms with Crippen molar-refractivity contribution < 1.29 is 42.9 Å². The quantitative estimate of drug-likeness (QED) is 0.134. The number of fused-ring (bicyclic) bond motifs is 4. The fourth-order valence-electron chi connectivity index (χ4n) is 8.68. The van der Waals surface area contributed by atoms with Crippen molar-refractivity contribution in [3.63, 3.8) is 0 Å². The van der Waals surface area contributed by atoms with Gasteiger partial charge in [-0.15, -0.1) is 0 Å². The second-order valence-electron chi connectivity index (χ2n) is 16.4. The number of unbranched alkanes of at least 4 members (excludes halogenated alkanes) is 3. The molecule has 2 heterocycles. The first-order chi connectivity index (χ1) is 23.7. The molecule has 0 fully saturated rings. The van der Waals surface area contributed by atoms with Gasteiger partial charge in [-0.05, 0) is 97.9 Å². The van der Waals surface area contributed by atoms with Gasteiger partial charge in [-0.25, -0.2) is 0 Å². The van der Waals surface area contributed by atoms with Crippen molar-refractivity contribution in [3.8, 4) is 0 Å². The molecule has 1 unspecified atom stereocenters. The molecule has 6 heteroatoms. The highest BCUT2D eigenvalue weighted by molar-refractivity contribution is 5.72. The molecule has 0 saturated heterocycles. The van der Waals surface area contributed by atoms with Crippen LogP contribution >= 0.6 is 0 Å². The molecule has 0 aromatic heterocycles. The Hall–Kier alpha value is -2.64. The fourth-order valence-corrected chi connectivity index (χ4v) is 8.68. The highest BCUT2D eigenvalue weighted by Crippen LogP contribution is 2.37. The summed E-state index contributed by atoms with van der Waals surface area (Å²) >= 11 is 0. The monoisotopic (exact) mass is 816 g/mol. The molecule has 4 aromatic rings. The second kappa shape index (κ2) is 18.9. The predicted molar refractivity (Wildman–Crippen MR) is 211 cm³/mol. The van der Waals surface area contributed by atoms with Gasteiger partial charge in [-0.3, -0.25) is 0 Å². The van der Waals surface area contributed by atoms with Crippen LogP contribution in [0.5, 0.6) is 0 Å². The summed E-state index contributed by atoms with van der Waals surface area (Å²) in [6, 6.07) is 36.2. The van der Waals surface area contributed by atoms with Gasteiger partial charge < -0.3 is 52.7 Å². The molecule has 0 radical (unpaired) electrons. The molecule has 0 aliphatic carbocycles. The van der Waals surface area contributed by atoms with Crippen LogP contribution in [-0.2, 0) is 25.7 Å². The van der Waals surface area contributed by atoms with Gasteiger partial charge in [-0.1, -0.05) is 79.7 Å². The summed E-state index contributed by atoms with van der Waals surface area (Å²) in [5.74, 6) is 0.601. The molecule has 2 aliphatic rings. The number of para-hydroxylation sites is 4. The highest BCUT2D eigenvalue weighted by Gasteiger charge is 2.26. The van der Waals surface area contributed by atoms with Gasteiger partial charge in [0.05, 0.1) is 54.4 Å². The summed E-state index contributed by atoms with van der Waals surface area (Å²) in [5.41, 5.74) is 11.6. The molecule has 0 amide bonds. The second-order valence-corrected chi connectivity index (χ2v) is 16.4. The van der Waals surface area contributed by atoms with Gasteiger partial charge in [0, 0.05) is 48.2 Å². The number of benzene rings is 4. The first-order valence-electron chi connectivity index (χ1n) is 19.2. The predicted octanol–water partition coefficient (Wildman–Crippen LogP) is 3.61. The van der Waals surface area contributed by atoms with Gasteiger partial charge in [0.1, 0.15) is 0 Å². The molecule has 0 bridgehead atoms. The molecular weight excluding hydrogens is 756 g/mol. The van der Waals surface area contributed by atoms with E-state index in [-0.39, 0.29) is 34.0 Å². The zero-order valence-electron chi connectivity index (χ0n) is 32.0. The lowest BCUT2D eigenvalue weighted by atomic mass is 10.0. The van der Waals surface area contributed by atoms with E-state index in [1.54, 1.807) is 0 Å². The van der Waals surface area contributed by atoms with Gasteiger partial charge in [0.25, 0.3) is 0 Å². The third-order valence-corrected chi connectivity index (χ3v) is 11.2. The maximum Gasteiger partial charge on any atom is 0.0825 e. The Bertz CT molecular complexity index is 1570. The van der Waals surface area contributed by atoms with Crippen LogP contribution in [0.1, 0.15) is 61.3 Å². The Morgan fingerprint density at radius 1 is 0.471 bits per heavy atom. The number of nitrogens with zero attached hydrogens (tertiary/aromatic N) is 4. The normalized spacial score (nSPS) is 14.5. The van der Waals surface area contributed by atoms with Crippen LogP contribution in [0.3, 0.4) is 0 Å². The van der Waals surface area contributed by atoms with E-state index in [9.17, 15) is 0 Å². The first kappa shape index (κ1) is 41.1. The number of hydrogen-bond acceptors (Lipinski definition) is 2. The average molecular weight is 819 g/mol. The minimum absolute atomic E-state index is 0. The Morgan fingerprint density at radius 2 is 0.824 bits per heavy atom. The third-order valence-electron chi connectivity index (χ3n) is 11.2. The molecule has 276 valence electrons. The zero-order chi connectivity index (χ0) is 34.3. The summed E-state index contributed by atoms with van der Waals surface area (Å²) in [6.45, 7) is 9.55. The summed E-state index contributed by atoms with van der Waals surface area (Å²) in [4.78, 5) is 5.22. The standard InChI is InChI=1S/C45H62N4.2BrH/c1-37(35-47-44-25-14-10-21-40(44)29-30-41-22-11-15-26-45(41)47)36-49(4,5)33-17-7-6-16-32-48(2,3)34-18-31-46-42-23-12-8-19-38(42)27-28-39-20-9-13-24-43(39)46;;/h8-15,19-26,37H,6-7,16-18,27-36H2,1-5H3;2*1H/q+2;;/p-2. The molecule has 0 N–H and O–H groups in total. The SMILES string of the molecule is CC(CN1c2ccccc2CCc2ccccc21)C[N+](C)(C)CCCCCC[N+](C)(C)CCCN1c2ccccc2CCc2ccccc21.[Br-].[Br-]. The van der Waals surface area contributed by atoms with Crippen LogP contribution in [0.15, 0.2) is 97.1 Å². The van der Waals surface area contributed by atoms with E-state index < -0.39 is 0 Å². The average Bonchev–Trinajstić information content (AvgIpc) is 3.35. The topological polar surface area (TPSA) is 6.48 Å². The Labute approximate surface area is 331 Å². The van der Waals surface area contributed by atoms with E-state index in [1.807, 2.05) is 0 Å². The van der Waals surface area contributed by atoms with Crippen LogP contribution in [0.25, 0.3) is 0 Å². The van der Waals surface area contributed by atoms with Gasteiger partial charge in [0.15, 0.2) is 0 Å². The fraction of sp³-hybridized carbons (Fsp3) is 0.467. The summed E-state index contributed by atoms with van der Waals surface area (Å²) in [7, 11) is 9.77. The third kappa shape index (κ3) is 10.9. The van der Waals surface area contributed by atoms with Gasteiger partial charge in [-0.2, -0.15) is 0 Å². The first-order valence-corrected chi connectivity index (χ1v) is 19.2. The van der Waals surface area contributed by atoms with E-state index in [4.69, 9.17) is 0 Å². The molecule has 0 spiro atoms. The molecule has 1 atom stereocenters. The molecule has 4 aromatic carbocycles. The van der Waals surface area contributed by atoms with Gasteiger partial charge in [0.2, 0.25) is 0 Å². The minimum atomic E-state index is 0. The zero-order valence-corrected chi connectivity index (χ0v) is 35.1. The lowest BCUT2D eigenvalue weighted by molar-refractivity contribution is -0.893. The summed E-state index contributed by atoms with van der Waals surface area (Å²) < 4.78 is 2.21. The van der Waals surface area contributed by atoms with E-state index in [0.29, 0.717) is 5.92 Å². The summed E-state index contributed by atoms with van der Waals surface area (Å²) in [5, 5.41) is 0. The van der Waals surface area contributed by atoms with Crippen molar-refractivity contribution in [1.82, 2.24) is 0 Å². The van der Waals surface area contributed by atoms with E-state index >= 15 is 0 Å².